The molecule has 0 radical (unpaired) electrons. The lowest BCUT2D eigenvalue weighted by Crippen LogP contribution is -2.18. The molecule has 0 spiro atoms. The van der Waals surface area contributed by atoms with Crippen LogP contribution in [-0.4, -0.2) is 25.2 Å². The van der Waals surface area contributed by atoms with Crippen LogP contribution in [-0.2, 0) is 4.79 Å². The number of aromatic nitrogens is 4. The van der Waals surface area contributed by atoms with Gasteiger partial charge < -0.3 is 5.32 Å². The van der Waals surface area contributed by atoms with Gasteiger partial charge in [0.2, 0.25) is 5.91 Å². The van der Waals surface area contributed by atoms with Crippen LogP contribution >= 0.6 is 22.6 Å². The van der Waals surface area contributed by atoms with Gasteiger partial charge in [0.25, 0.3) is 5.56 Å². The molecule has 31 heavy (non-hydrogen) atoms. The van der Waals surface area contributed by atoms with Gasteiger partial charge in [-0.1, -0.05) is 0 Å². The van der Waals surface area contributed by atoms with Crippen molar-refractivity contribution in [3.63, 3.8) is 0 Å². The molecule has 152 valence electrons. The van der Waals surface area contributed by atoms with Gasteiger partial charge in [-0.2, -0.15) is 5.10 Å². The van der Waals surface area contributed by atoms with Crippen LogP contribution in [0.5, 0.6) is 0 Å². The molecule has 0 aliphatic rings. The molecule has 1 amide bonds. The lowest BCUT2D eigenvalue weighted by atomic mass is 10.1. The molecule has 2 aromatic carbocycles. The second-order valence-electron chi connectivity index (χ2n) is 7.07. The predicted octanol–water partition coefficient (Wildman–Crippen LogP) is 4.29. The number of nitrogens with one attached hydrogen (secondary N) is 1. The van der Waals surface area contributed by atoms with Gasteiger partial charge in [-0.25, -0.2) is 4.68 Å². The first-order valence-corrected chi connectivity index (χ1v) is 10.6. The summed E-state index contributed by atoms with van der Waals surface area (Å²) in [5.41, 5.74) is 3.55. The Hall–Kier alpha value is -3.53. The number of hydrogen-bond donors (Lipinski definition) is 1. The van der Waals surface area contributed by atoms with Crippen molar-refractivity contribution in [3.05, 3.63) is 87.1 Å². The summed E-state index contributed by atoms with van der Waals surface area (Å²) in [6.07, 6.45) is 5.35. The lowest BCUT2D eigenvalue weighted by molar-refractivity contribution is -0.114. The van der Waals surface area contributed by atoms with Crippen LogP contribution in [0.1, 0.15) is 6.92 Å². The number of rotatable bonds is 3. The zero-order valence-electron chi connectivity index (χ0n) is 16.4. The molecule has 0 aliphatic heterocycles. The van der Waals surface area contributed by atoms with Gasteiger partial charge in [-0.3, -0.25) is 19.1 Å². The molecule has 0 aliphatic carbocycles. The number of nitrogens with zero attached hydrogens (tertiary/aromatic N) is 4. The van der Waals surface area contributed by atoms with Crippen LogP contribution in [0.15, 0.2) is 78.0 Å². The number of anilines is 1. The van der Waals surface area contributed by atoms with Gasteiger partial charge in [-0.05, 0) is 71.1 Å². The molecule has 3 heterocycles. The normalized spacial score (nSPS) is 11.2. The van der Waals surface area contributed by atoms with E-state index in [1.165, 1.54) is 13.0 Å². The number of hydrogen-bond acceptors (Lipinski definition) is 4. The van der Waals surface area contributed by atoms with Crippen LogP contribution in [0, 0.1) is 3.57 Å². The van der Waals surface area contributed by atoms with Crippen LogP contribution in [0.2, 0.25) is 0 Å². The number of amides is 1. The molecule has 3 aromatic heterocycles. The second-order valence-corrected chi connectivity index (χ2v) is 8.23. The van der Waals surface area contributed by atoms with Gasteiger partial charge in [0.1, 0.15) is 0 Å². The highest BCUT2D eigenvalue weighted by Crippen LogP contribution is 2.28. The van der Waals surface area contributed by atoms with E-state index in [1.807, 2.05) is 48.7 Å². The fourth-order valence-electron chi connectivity index (χ4n) is 3.66. The van der Waals surface area contributed by atoms with E-state index in [-0.39, 0.29) is 11.5 Å². The number of carbonyl (C=O) groups excluding carboxylic acids is 1. The van der Waals surface area contributed by atoms with Crippen molar-refractivity contribution in [2.75, 3.05) is 5.32 Å². The molecule has 0 fully saturated rings. The Morgan fingerprint density at radius 2 is 1.90 bits per heavy atom. The molecule has 0 atom stereocenters. The summed E-state index contributed by atoms with van der Waals surface area (Å²) in [6, 6.07) is 16.6. The molecule has 0 saturated heterocycles. The van der Waals surface area contributed by atoms with Gasteiger partial charge in [-0.15, -0.1) is 0 Å². The van der Waals surface area contributed by atoms with Crippen LogP contribution in [0.3, 0.4) is 0 Å². The van der Waals surface area contributed by atoms with Gasteiger partial charge in [0, 0.05) is 45.9 Å². The van der Waals surface area contributed by atoms with E-state index in [9.17, 15) is 9.59 Å². The summed E-state index contributed by atoms with van der Waals surface area (Å²) >= 11 is 2.16. The van der Waals surface area contributed by atoms with Crippen molar-refractivity contribution in [1.82, 2.24) is 19.3 Å². The smallest absolute Gasteiger partial charge is 0.255 e. The van der Waals surface area contributed by atoms with E-state index >= 15 is 0 Å². The monoisotopic (exact) mass is 521 g/mol. The Morgan fingerprint density at radius 1 is 1.06 bits per heavy atom. The van der Waals surface area contributed by atoms with Gasteiger partial charge in [0.15, 0.2) is 0 Å². The Morgan fingerprint density at radius 3 is 2.68 bits per heavy atom. The molecule has 5 aromatic rings. The molecular weight excluding hydrogens is 505 g/mol. The quantitative estimate of drug-likeness (QED) is 0.284. The summed E-state index contributed by atoms with van der Waals surface area (Å²) in [5.74, 6) is -0.168. The molecule has 8 heteroatoms. The van der Waals surface area contributed by atoms with Crippen molar-refractivity contribution >= 4 is 56.0 Å². The maximum Gasteiger partial charge on any atom is 0.255 e. The zero-order valence-corrected chi connectivity index (χ0v) is 18.6. The van der Waals surface area contributed by atoms with E-state index in [2.05, 4.69) is 38.0 Å². The fourth-order valence-corrected chi connectivity index (χ4v) is 4.13. The summed E-state index contributed by atoms with van der Waals surface area (Å²) < 4.78 is 4.31. The standard InChI is InChI=1S/C23H16IN5O2/c1-14(30)27-21-12-17(4-6-19(21)24)29-22(31)8-3-15-13-25-20-7-5-16(11-18(20)23(15)29)28-10-2-9-26-28/h2-13H,1H3,(H,27,30). The molecular formula is C23H16IN5O2. The molecule has 7 nitrogen and oxygen atoms in total. The number of fused-ring (bicyclic) bond motifs is 3. The zero-order chi connectivity index (χ0) is 21.5. The number of carbonyl (C=O) groups is 1. The van der Waals surface area contributed by atoms with Crippen LogP contribution in [0.4, 0.5) is 5.69 Å². The minimum absolute atomic E-state index is 0.167. The Balaban J connectivity index is 1.84. The Labute approximate surface area is 190 Å². The minimum atomic E-state index is -0.168. The lowest BCUT2D eigenvalue weighted by Gasteiger charge is -2.15. The highest BCUT2D eigenvalue weighted by Gasteiger charge is 2.13. The third kappa shape index (κ3) is 3.48. The maximum atomic E-state index is 13.0. The highest BCUT2D eigenvalue weighted by atomic mass is 127. The largest absolute Gasteiger partial charge is 0.325 e. The molecule has 5 rings (SSSR count). The first kappa shape index (κ1) is 19.4. The average Bonchev–Trinajstić information content (AvgIpc) is 3.29. The van der Waals surface area contributed by atoms with Crippen molar-refractivity contribution in [2.45, 2.75) is 6.92 Å². The third-order valence-electron chi connectivity index (χ3n) is 4.99. The molecule has 0 bridgehead atoms. The SMILES string of the molecule is CC(=O)Nc1cc(-n2c(=O)ccc3cnc4ccc(-n5cccn5)cc4c32)ccc1I. The van der Waals surface area contributed by atoms with E-state index in [0.29, 0.717) is 11.4 Å². The maximum absolute atomic E-state index is 13.0. The topological polar surface area (TPSA) is 81.8 Å². The fraction of sp³-hybridized carbons (Fsp3) is 0.0435. The third-order valence-corrected chi connectivity index (χ3v) is 5.93. The van der Waals surface area contributed by atoms with E-state index < -0.39 is 0 Å². The minimum Gasteiger partial charge on any atom is -0.325 e. The van der Waals surface area contributed by atoms with Gasteiger partial charge >= 0.3 is 0 Å². The van der Waals surface area contributed by atoms with Gasteiger partial charge in [0.05, 0.1) is 28.1 Å². The average molecular weight is 521 g/mol. The first-order valence-electron chi connectivity index (χ1n) is 9.53. The number of halogens is 1. The number of benzene rings is 2. The first-order chi connectivity index (χ1) is 15.0. The van der Waals surface area contributed by atoms with E-state index in [0.717, 1.165) is 31.1 Å². The Kier molecular flexibility index (Phi) is 4.78. The van der Waals surface area contributed by atoms with E-state index in [1.54, 1.807) is 27.7 Å². The summed E-state index contributed by atoms with van der Waals surface area (Å²) in [7, 11) is 0. The second kappa shape index (κ2) is 7.62. The molecule has 0 saturated carbocycles. The molecule has 1 N–H and O–H groups in total. The summed E-state index contributed by atoms with van der Waals surface area (Å²) in [4.78, 5) is 29.2. The predicted molar refractivity (Wildman–Crippen MR) is 129 cm³/mol. The van der Waals surface area contributed by atoms with Crippen LogP contribution in [0.25, 0.3) is 33.2 Å². The summed E-state index contributed by atoms with van der Waals surface area (Å²) in [6.45, 7) is 1.46. The van der Waals surface area contributed by atoms with Crippen molar-refractivity contribution in [3.8, 4) is 11.4 Å². The molecule has 0 unspecified atom stereocenters. The summed E-state index contributed by atoms with van der Waals surface area (Å²) in [5, 5.41) is 8.81. The van der Waals surface area contributed by atoms with Crippen molar-refractivity contribution < 1.29 is 4.79 Å². The van der Waals surface area contributed by atoms with Crippen LogP contribution < -0.4 is 10.9 Å². The van der Waals surface area contributed by atoms with Crippen molar-refractivity contribution in [1.29, 1.82) is 0 Å². The van der Waals surface area contributed by atoms with E-state index in [4.69, 9.17) is 0 Å². The number of pyridine rings is 2. The van der Waals surface area contributed by atoms with Crippen molar-refractivity contribution in [2.24, 2.45) is 0 Å². The highest BCUT2D eigenvalue weighted by molar-refractivity contribution is 14.1. The Bertz CT molecular complexity index is 1520.